The number of carbonyl (C=O) groups excluding carboxylic acids is 1. The lowest BCUT2D eigenvalue weighted by Crippen LogP contribution is -2.19. The van der Waals surface area contributed by atoms with Crippen molar-refractivity contribution in [2.24, 2.45) is 5.92 Å². The van der Waals surface area contributed by atoms with Crippen LogP contribution in [0.15, 0.2) is 30.5 Å². The van der Waals surface area contributed by atoms with Crippen LogP contribution in [0.3, 0.4) is 0 Å². The van der Waals surface area contributed by atoms with Crippen molar-refractivity contribution in [1.82, 2.24) is 20.2 Å². The Morgan fingerprint density at radius 1 is 1.19 bits per heavy atom. The number of ether oxygens (including phenoxy) is 1. The fraction of sp³-hybridized carbons (Fsp3) is 0.500. The fourth-order valence-corrected chi connectivity index (χ4v) is 4.72. The van der Waals surface area contributed by atoms with E-state index in [9.17, 15) is 14.3 Å². The van der Waals surface area contributed by atoms with Gasteiger partial charge in [-0.2, -0.15) is 0 Å². The maximum absolute atomic E-state index is 14.8. The molecule has 0 aliphatic heterocycles. The van der Waals surface area contributed by atoms with Crippen LogP contribution in [-0.2, 0) is 6.42 Å². The molecule has 2 heterocycles. The van der Waals surface area contributed by atoms with Gasteiger partial charge in [0.25, 0.3) is 5.91 Å². The Labute approximate surface area is 217 Å². The predicted octanol–water partition coefficient (Wildman–Crippen LogP) is 5.62. The number of nitrogens with one attached hydrogen (secondary N) is 2. The van der Waals surface area contributed by atoms with E-state index in [0.717, 1.165) is 18.2 Å². The number of carbonyl (C=O) groups is 1. The summed E-state index contributed by atoms with van der Waals surface area (Å²) in [6.07, 6.45) is 9.30. The van der Waals surface area contributed by atoms with Crippen molar-refractivity contribution < 1.29 is 19.0 Å². The molecule has 1 saturated carbocycles. The molecule has 1 aliphatic rings. The average molecular weight is 510 g/mol. The number of hydrogen-bond donors (Lipinski definition) is 3. The molecular weight excluding hydrogens is 473 g/mol. The van der Waals surface area contributed by atoms with E-state index in [2.05, 4.69) is 25.5 Å². The van der Waals surface area contributed by atoms with E-state index >= 15 is 0 Å². The Balaban J connectivity index is 1.43. The first-order valence-electron chi connectivity index (χ1n) is 13.0. The molecule has 0 radical (unpaired) electrons. The molecule has 8 nitrogen and oxygen atoms in total. The van der Waals surface area contributed by atoms with Crippen LogP contribution in [0.5, 0.6) is 5.75 Å². The molecule has 0 atom stereocenters. The molecule has 37 heavy (non-hydrogen) atoms. The molecule has 0 spiro atoms. The third-order valence-electron chi connectivity index (χ3n) is 6.75. The topological polar surface area (TPSA) is 113 Å². The summed E-state index contributed by atoms with van der Waals surface area (Å²) in [5, 5.41) is 20.7. The Hall–Kier alpha value is -3.33. The Kier molecular flexibility index (Phi) is 8.53. The zero-order chi connectivity index (χ0) is 26.4. The minimum atomic E-state index is -0.745. The third-order valence-corrected chi connectivity index (χ3v) is 6.75. The van der Waals surface area contributed by atoms with Crippen LogP contribution in [0.4, 0.5) is 10.2 Å². The van der Waals surface area contributed by atoms with E-state index in [0.29, 0.717) is 48.1 Å². The number of amides is 1. The van der Waals surface area contributed by atoms with E-state index in [1.165, 1.54) is 38.2 Å². The fourth-order valence-electron chi connectivity index (χ4n) is 4.72. The molecule has 3 aromatic rings. The lowest BCUT2D eigenvalue weighted by molar-refractivity contribution is 0.0641. The number of nitrogens with zero attached hydrogens (tertiary/aromatic N) is 3. The molecule has 4 rings (SSSR count). The lowest BCUT2D eigenvalue weighted by Gasteiger charge is -2.19. The quantitative estimate of drug-likeness (QED) is 0.306. The molecule has 0 unspecified atom stereocenters. The number of halogens is 1. The largest absolute Gasteiger partial charge is 0.494 e. The number of benzene rings is 1. The van der Waals surface area contributed by atoms with Gasteiger partial charge < -0.3 is 20.1 Å². The van der Waals surface area contributed by atoms with Crippen molar-refractivity contribution in [3.63, 3.8) is 0 Å². The van der Waals surface area contributed by atoms with Gasteiger partial charge in [0, 0.05) is 12.0 Å². The molecule has 1 aromatic carbocycles. The number of pyridine rings is 1. The van der Waals surface area contributed by atoms with Crippen molar-refractivity contribution in [3.8, 4) is 16.9 Å². The molecular formula is C28H36FN5O3. The highest BCUT2D eigenvalue weighted by Crippen LogP contribution is 2.31. The number of aliphatic hydroxyl groups is 1. The molecule has 1 aliphatic carbocycles. The maximum atomic E-state index is 14.8. The Morgan fingerprint density at radius 2 is 1.97 bits per heavy atom. The van der Waals surface area contributed by atoms with Crippen LogP contribution in [0.2, 0.25) is 0 Å². The number of rotatable bonds is 10. The van der Waals surface area contributed by atoms with E-state index in [4.69, 9.17) is 4.74 Å². The molecule has 0 saturated heterocycles. The van der Waals surface area contributed by atoms with Gasteiger partial charge in [-0.1, -0.05) is 38.2 Å². The van der Waals surface area contributed by atoms with Crippen LogP contribution in [-0.4, -0.2) is 43.4 Å². The monoisotopic (exact) mass is 509 g/mol. The highest BCUT2D eigenvalue weighted by molar-refractivity contribution is 6.01. The number of H-pyrrole nitrogens is 1. The maximum Gasteiger partial charge on any atom is 0.294 e. The minimum absolute atomic E-state index is 0.108. The van der Waals surface area contributed by atoms with Gasteiger partial charge >= 0.3 is 0 Å². The summed E-state index contributed by atoms with van der Waals surface area (Å²) < 4.78 is 20.6. The van der Waals surface area contributed by atoms with Gasteiger partial charge in [-0.05, 0) is 68.9 Å². The van der Waals surface area contributed by atoms with Crippen LogP contribution >= 0.6 is 0 Å². The number of aromatic nitrogens is 4. The van der Waals surface area contributed by atoms with Crippen LogP contribution < -0.4 is 10.1 Å². The summed E-state index contributed by atoms with van der Waals surface area (Å²) in [7, 11) is 0. The minimum Gasteiger partial charge on any atom is -0.494 e. The molecule has 0 bridgehead atoms. The standard InChI is InChI=1S/C28H36FN5O3/c1-18-10-11-20(37-13-7-12-28(2,3)36)15-21(18)22-16-24(30-17-23(22)29)32-27(35)26-31-25(33-34-26)14-19-8-5-4-6-9-19/h10-11,15-17,19,36H,4-9,12-14H2,1-3H3,(H,30,32,35)(H,31,33,34). The number of anilines is 1. The molecule has 1 fully saturated rings. The van der Waals surface area contributed by atoms with E-state index < -0.39 is 17.3 Å². The summed E-state index contributed by atoms with van der Waals surface area (Å²) >= 11 is 0. The second kappa shape index (κ2) is 11.8. The molecule has 198 valence electrons. The highest BCUT2D eigenvalue weighted by atomic mass is 19.1. The first-order valence-corrected chi connectivity index (χ1v) is 13.0. The van der Waals surface area contributed by atoms with Crippen molar-refractivity contribution >= 4 is 11.7 Å². The summed E-state index contributed by atoms with van der Waals surface area (Å²) in [5.41, 5.74) is 1.06. The molecule has 3 N–H and O–H groups in total. The number of aryl methyl sites for hydroxylation is 1. The van der Waals surface area contributed by atoms with E-state index in [1.54, 1.807) is 19.9 Å². The first kappa shape index (κ1) is 26.7. The summed E-state index contributed by atoms with van der Waals surface area (Å²) in [6, 6.07) is 6.98. The summed E-state index contributed by atoms with van der Waals surface area (Å²) in [4.78, 5) is 19.8. The van der Waals surface area contributed by atoms with Gasteiger partial charge in [0.15, 0.2) is 0 Å². The van der Waals surface area contributed by atoms with Crippen LogP contribution in [0.1, 0.15) is 80.8 Å². The lowest BCUT2D eigenvalue weighted by atomic mass is 9.87. The van der Waals surface area contributed by atoms with Gasteiger partial charge in [-0.3, -0.25) is 4.79 Å². The summed E-state index contributed by atoms with van der Waals surface area (Å²) in [6.45, 7) is 5.84. The number of aromatic amines is 1. The number of hydrogen-bond acceptors (Lipinski definition) is 6. The molecule has 2 aromatic heterocycles. The van der Waals surface area contributed by atoms with Crippen molar-refractivity contribution in [1.29, 1.82) is 0 Å². The van der Waals surface area contributed by atoms with Gasteiger partial charge in [0.1, 0.15) is 23.2 Å². The van der Waals surface area contributed by atoms with E-state index in [1.807, 2.05) is 19.1 Å². The molecule has 9 heteroatoms. The van der Waals surface area contributed by atoms with Gasteiger partial charge in [0.2, 0.25) is 5.82 Å². The second-order valence-electron chi connectivity index (χ2n) is 10.6. The molecule has 1 amide bonds. The van der Waals surface area contributed by atoms with Crippen LogP contribution in [0, 0.1) is 18.7 Å². The van der Waals surface area contributed by atoms with E-state index in [-0.39, 0.29) is 11.6 Å². The second-order valence-corrected chi connectivity index (χ2v) is 10.6. The normalized spacial score (nSPS) is 14.5. The van der Waals surface area contributed by atoms with Crippen molar-refractivity contribution in [3.05, 3.63) is 53.5 Å². The average Bonchev–Trinajstić information content (AvgIpc) is 3.33. The zero-order valence-corrected chi connectivity index (χ0v) is 21.8. The zero-order valence-electron chi connectivity index (χ0n) is 21.8. The summed E-state index contributed by atoms with van der Waals surface area (Å²) in [5.74, 6) is 1.22. The van der Waals surface area contributed by atoms with Gasteiger partial charge in [0.05, 0.1) is 18.4 Å². The Bertz CT molecular complexity index is 1210. The van der Waals surface area contributed by atoms with Gasteiger partial charge in [-0.15, -0.1) is 10.2 Å². The smallest absolute Gasteiger partial charge is 0.294 e. The Morgan fingerprint density at radius 3 is 2.73 bits per heavy atom. The SMILES string of the molecule is Cc1ccc(OCCCC(C)(C)O)cc1-c1cc(NC(=O)c2nnc(CC3CCCCC3)[nH]2)ncc1F. The first-order chi connectivity index (χ1) is 17.7. The predicted molar refractivity (Wildman–Crippen MR) is 140 cm³/mol. The highest BCUT2D eigenvalue weighted by Gasteiger charge is 2.19. The van der Waals surface area contributed by atoms with Gasteiger partial charge in [-0.25, -0.2) is 9.37 Å². The van der Waals surface area contributed by atoms with Crippen molar-refractivity contribution in [2.45, 2.75) is 77.7 Å². The third kappa shape index (κ3) is 7.58. The van der Waals surface area contributed by atoms with Crippen LogP contribution in [0.25, 0.3) is 11.1 Å². The van der Waals surface area contributed by atoms with Crippen molar-refractivity contribution in [2.75, 3.05) is 11.9 Å².